The van der Waals surface area contributed by atoms with E-state index in [1.54, 1.807) is 29.2 Å². The molecule has 2 aromatic rings. The Hall–Kier alpha value is -1.48. The van der Waals surface area contributed by atoms with E-state index >= 15 is 0 Å². The topological polar surface area (TPSA) is 70.6 Å². The summed E-state index contributed by atoms with van der Waals surface area (Å²) in [4.78, 5) is 18.3. The van der Waals surface area contributed by atoms with Gasteiger partial charge in [0.05, 0.1) is 10.6 Å². The van der Waals surface area contributed by atoms with E-state index < -0.39 is 10.0 Å². The van der Waals surface area contributed by atoms with E-state index in [9.17, 15) is 13.2 Å². The lowest BCUT2D eigenvalue weighted by molar-refractivity contribution is 0.0698. The Morgan fingerprint density at radius 1 is 1.16 bits per heavy atom. The van der Waals surface area contributed by atoms with Crippen molar-refractivity contribution in [1.82, 2.24) is 14.2 Å². The quantitative estimate of drug-likeness (QED) is 0.730. The highest BCUT2D eigenvalue weighted by atomic mass is 79.9. The van der Waals surface area contributed by atoms with E-state index in [0.29, 0.717) is 23.7 Å². The lowest BCUT2D eigenvalue weighted by atomic mass is 10.2. The van der Waals surface area contributed by atoms with Crippen LogP contribution in [0.4, 0.5) is 0 Å². The van der Waals surface area contributed by atoms with Crippen molar-refractivity contribution in [3.63, 3.8) is 0 Å². The van der Waals surface area contributed by atoms with E-state index in [4.69, 9.17) is 11.6 Å². The molecule has 1 amide bonds. The van der Waals surface area contributed by atoms with Gasteiger partial charge in [-0.25, -0.2) is 8.42 Å². The van der Waals surface area contributed by atoms with Gasteiger partial charge in [-0.15, -0.1) is 0 Å². The molecular formula is C16H15BrClN3O3S. The van der Waals surface area contributed by atoms with Crippen LogP contribution in [0.2, 0.25) is 5.02 Å². The predicted molar refractivity (Wildman–Crippen MR) is 98.1 cm³/mol. The molecule has 1 fully saturated rings. The molecule has 0 radical (unpaired) electrons. The molecule has 9 heteroatoms. The molecule has 1 saturated heterocycles. The number of aromatic nitrogens is 1. The molecule has 1 aromatic heterocycles. The van der Waals surface area contributed by atoms with Gasteiger partial charge in [-0.1, -0.05) is 27.5 Å². The van der Waals surface area contributed by atoms with Crippen LogP contribution >= 0.6 is 27.5 Å². The summed E-state index contributed by atoms with van der Waals surface area (Å²) < 4.78 is 27.3. The smallest absolute Gasteiger partial charge is 0.255 e. The van der Waals surface area contributed by atoms with Crippen molar-refractivity contribution in [3.05, 3.63) is 57.8 Å². The van der Waals surface area contributed by atoms with Crippen LogP contribution in [0.15, 0.2) is 52.1 Å². The Morgan fingerprint density at radius 3 is 2.52 bits per heavy atom. The van der Waals surface area contributed by atoms with Gasteiger partial charge in [-0.3, -0.25) is 9.78 Å². The largest absolute Gasteiger partial charge is 0.336 e. The van der Waals surface area contributed by atoms with E-state index in [-0.39, 0.29) is 23.9 Å². The molecule has 1 aromatic carbocycles. The maximum Gasteiger partial charge on any atom is 0.255 e. The zero-order chi connectivity index (χ0) is 18.0. The van der Waals surface area contributed by atoms with Crippen molar-refractivity contribution in [2.24, 2.45) is 0 Å². The number of pyridine rings is 1. The van der Waals surface area contributed by atoms with Crippen LogP contribution < -0.4 is 0 Å². The third kappa shape index (κ3) is 3.87. The van der Waals surface area contributed by atoms with Gasteiger partial charge in [0.15, 0.2) is 0 Å². The molecule has 0 atom stereocenters. The normalized spacial score (nSPS) is 16.0. The molecule has 3 rings (SSSR count). The Bertz CT molecular complexity index is 885. The second kappa shape index (κ2) is 7.41. The number of nitrogens with zero attached hydrogens (tertiary/aromatic N) is 3. The number of hydrogen-bond acceptors (Lipinski definition) is 4. The molecule has 132 valence electrons. The van der Waals surface area contributed by atoms with Gasteiger partial charge < -0.3 is 4.90 Å². The van der Waals surface area contributed by atoms with Crippen molar-refractivity contribution in [1.29, 1.82) is 0 Å². The number of carbonyl (C=O) groups is 1. The van der Waals surface area contributed by atoms with Gasteiger partial charge in [0.25, 0.3) is 5.91 Å². The molecular weight excluding hydrogens is 430 g/mol. The molecule has 0 aliphatic carbocycles. The SMILES string of the molecule is O=C(c1cc(Br)ccc1Cl)N1CCN(S(=O)(=O)c2cccnc2)CC1. The first-order valence-electron chi connectivity index (χ1n) is 7.54. The monoisotopic (exact) mass is 443 g/mol. The standard InChI is InChI=1S/C16H15BrClN3O3S/c17-12-3-4-15(18)14(10-12)16(22)20-6-8-21(9-7-20)25(23,24)13-2-1-5-19-11-13/h1-5,10-11H,6-9H2. The number of amides is 1. The Balaban J connectivity index is 1.72. The number of benzene rings is 1. The summed E-state index contributed by atoms with van der Waals surface area (Å²) in [5, 5.41) is 0.374. The number of halogens is 2. The zero-order valence-corrected chi connectivity index (χ0v) is 16.3. The number of rotatable bonds is 3. The van der Waals surface area contributed by atoms with Crippen LogP contribution in [0.5, 0.6) is 0 Å². The summed E-state index contributed by atoms with van der Waals surface area (Å²) in [6, 6.07) is 8.19. The van der Waals surface area contributed by atoms with Crippen LogP contribution in [0.1, 0.15) is 10.4 Å². The third-order valence-electron chi connectivity index (χ3n) is 3.96. The van der Waals surface area contributed by atoms with E-state index in [1.165, 1.54) is 22.8 Å². The first kappa shape index (κ1) is 18.3. The van der Waals surface area contributed by atoms with Crippen LogP contribution in [-0.4, -0.2) is 54.7 Å². The van der Waals surface area contributed by atoms with Crippen molar-refractivity contribution >= 4 is 43.5 Å². The molecule has 0 saturated carbocycles. The fourth-order valence-corrected chi connectivity index (χ4v) is 4.56. The molecule has 1 aliphatic heterocycles. The number of carbonyl (C=O) groups excluding carboxylic acids is 1. The van der Waals surface area contributed by atoms with Crippen LogP contribution in [0, 0.1) is 0 Å². The molecule has 1 aliphatic rings. The summed E-state index contributed by atoms with van der Waals surface area (Å²) >= 11 is 9.44. The minimum absolute atomic E-state index is 0.157. The molecule has 25 heavy (non-hydrogen) atoms. The molecule has 0 spiro atoms. The van der Waals surface area contributed by atoms with E-state index in [1.807, 2.05) is 0 Å². The first-order chi connectivity index (χ1) is 11.9. The summed E-state index contributed by atoms with van der Waals surface area (Å²) in [5.74, 6) is -0.204. The van der Waals surface area contributed by atoms with Gasteiger partial charge in [-0.2, -0.15) is 4.31 Å². The summed E-state index contributed by atoms with van der Waals surface area (Å²) in [7, 11) is -3.59. The van der Waals surface area contributed by atoms with E-state index in [2.05, 4.69) is 20.9 Å². The van der Waals surface area contributed by atoms with Gasteiger partial charge in [-0.05, 0) is 30.3 Å². The van der Waals surface area contributed by atoms with Crippen molar-refractivity contribution in [2.75, 3.05) is 26.2 Å². The molecule has 2 heterocycles. The fraction of sp³-hybridized carbons (Fsp3) is 0.250. The van der Waals surface area contributed by atoms with Gasteiger partial charge in [0.1, 0.15) is 4.90 Å². The summed E-state index contributed by atoms with van der Waals surface area (Å²) in [6.07, 6.45) is 2.85. The van der Waals surface area contributed by atoms with Crippen LogP contribution in [0.25, 0.3) is 0 Å². The highest BCUT2D eigenvalue weighted by Gasteiger charge is 2.31. The summed E-state index contributed by atoms with van der Waals surface area (Å²) in [6.45, 7) is 1.07. The minimum Gasteiger partial charge on any atom is -0.336 e. The van der Waals surface area contributed by atoms with Crippen molar-refractivity contribution < 1.29 is 13.2 Å². The number of piperazine rings is 1. The highest BCUT2D eigenvalue weighted by molar-refractivity contribution is 9.10. The highest BCUT2D eigenvalue weighted by Crippen LogP contribution is 2.24. The Kier molecular flexibility index (Phi) is 5.43. The van der Waals surface area contributed by atoms with Crippen LogP contribution in [0.3, 0.4) is 0 Å². The van der Waals surface area contributed by atoms with Crippen molar-refractivity contribution in [2.45, 2.75) is 4.90 Å². The second-order valence-electron chi connectivity index (χ2n) is 5.51. The predicted octanol–water partition coefficient (Wildman–Crippen LogP) is 2.64. The first-order valence-corrected chi connectivity index (χ1v) is 10.2. The van der Waals surface area contributed by atoms with Crippen molar-refractivity contribution in [3.8, 4) is 0 Å². The lowest BCUT2D eigenvalue weighted by Crippen LogP contribution is -2.50. The lowest BCUT2D eigenvalue weighted by Gasteiger charge is -2.34. The maximum atomic E-state index is 12.6. The third-order valence-corrected chi connectivity index (χ3v) is 6.66. The average molecular weight is 445 g/mol. The Labute approximate surface area is 159 Å². The molecule has 0 unspecified atom stereocenters. The Morgan fingerprint density at radius 2 is 1.88 bits per heavy atom. The van der Waals surface area contributed by atoms with Gasteiger partial charge in [0.2, 0.25) is 10.0 Å². The maximum absolute atomic E-state index is 12.6. The van der Waals surface area contributed by atoms with Gasteiger partial charge in [0, 0.05) is 43.0 Å². The van der Waals surface area contributed by atoms with Gasteiger partial charge >= 0.3 is 0 Å². The van der Waals surface area contributed by atoms with E-state index in [0.717, 1.165) is 4.47 Å². The minimum atomic E-state index is -3.59. The molecule has 0 bridgehead atoms. The average Bonchev–Trinajstić information content (AvgIpc) is 2.64. The zero-order valence-electron chi connectivity index (χ0n) is 13.1. The fourth-order valence-electron chi connectivity index (χ4n) is 2.61. The molecule has 0 N–H and O–H groups in total. The van der Waals surface area contributed by atoms with Crippen LogP contribution in [-0.2, 0) is 10.0 Å². The number of hydrogen-bond donors (Lipinski definition) is 0. The number of sulfonamides is 1. The summed E-state index contributed by atoms with van der Waals surface area (Å²) in [5.41, 5.74) is 0.402. The second-order valence-corrected chi connectivity index (χ2v) is 8.77. The molecule has 6 nitrogen and oxygen atoms in total.